The minimum atomic E-state index is -0.122. The summed E-state index contributed by atoms with van der Waals surface area (Å²) in [5, 5.41) is 2.90. The van der Waals surface area contributed by atoms with Crippen molar-refractivity contribution in [2.24, 2.45) is 0 Å². The van der Waals surface area contributed by atoms with Crippen molar-refractivity contribution in [3.8, 4) is 0 Å². The van der Waals surface area contributed by atoms with E-state index in [1.54, 1.807) is 0 Å². The smallest absolute Gasteiger partial charge is 0.220 e. The maximum atomic E-state index is 12.3. The molecule has 0 atom stereocenters. The molecule has 0 unspecified atom stereocenters. The van der Waals surface area contributed by atoms with Crippen molar-refractivity contribution in [2.75, 3.05) is 0 Å². The Morgan fingerprint density at radius 3 is 2.23 bits per heavy atom. The van der Waals surface area contributed by atoms with Gasteiger partial charge in [-0.05, 0) is 47.7 Å². The second-order valence-electron chi connectivity index (χ2n) is 7.80. The number of amides is 1. The summed E-state index contributed by atoms with van der Waals surface area (Å²) in [5.41, 5.74) is 6.12. The number of aryl methyl sites for hydroxylation is 2. The molecule has 0 aliphatic carbocycles. The molecule has 0 aliphatic rings. The lowest BCUT2D eigenvalue weighted by molar-refractivity contribution is -0.121. The van der Waals surface area contributed by atoms with Gasteiger partial charge in [-0.3, -0.25) is 9.59 Å². The van der Waals surface area contributed by atoms with Gasteiger partial charge in [-0.25, -0.2) is 0 Å². The van der Waals surface area contributed by atoms with Crippen molar-refractivity contribution in [1.82, 2.24) is 5.32 Å². The SMILES string of the molecule is Cc1ccc(C(=O)CCC(=O)NCc2cccc(COCc3ccccc3)c2)cc1C. The molecular formula is C27H29NO3. The third kappa shape index (κ3) is 7.19. The number of carbonyl (C=O) groups is 2. The van der Waals surface area contributed by atoms with E-state index < -0.39 is 0 Å². The molecule has 0 saturated carbocycles. The normalized spacial score (nSPS) is 10.6. The van der Waals surface area contributed by atoms with Gasteiger partial charge in [-0.1, -0.05) is 66.7 Å². The zero-order valence-corrected chi connectivity index (χ0v) is 18.2. The Labute approximate surface area is 184 Å². The van der Waals surface area contributed by atoms with Gasteiger partial charge in [0.25, 0.3) is 0 Å². The molecule has 3 aromatic carbocycles. The summed E-state index contributed by atoms with van der Waals surface area (Å²) in [6, 6.07) is 23.7. The Morgan fingerprint density at radius 2 is 1.45 bits per heavy atom. The summed E-state index contributed by atoms with van der Waals surface area (Å²) in [6.45, 7) is 5.52. The van der Waals surface area contributed by atoms with Gasteiger partial charge >= 0.3 is 0 Å². The van der Waals surface area contributed by atoms with E-state index in [0.717, 1.165) is 27.8 Å². The van der Waals surface area contributed by atoms with Crippen LogP contribution in [0.5, 0.6) is 0 Å². The third-order valence-corrected chi connectivity index (χ3v) is 5.27. The van der Waals surface area contributed by atoms with Crippen molar-refractivity contribution < 1.29 is 14.3 Å². The van der Waals surface area contributed by atoms with Crippen LogP contribution >= 0.6 is 0 Å². The van der Waals surface area contributed by atoms with Crippen LogP contribution in [0.1, 0.15) is 51.0 Å². The van der Waals surface area contributed by atoms with Gasteiger partial charge in [0.15, 0.2) is 5.78 Å². The van der Waals surface area contributed by atoms with E-state index in [9.17, 15) is 9.59 Å². The van der Waals surface area contributed by atoms with Crippen LogP contribution < -0.4 is 5.32 Å². The molecule has 0 bridgehead atoms. The summed E-state index contributed by atoms with van der Waals surface area (Å²) >= 11 is 0. The first-order chi connectivity index (χ1) is 15.0. The van der Waals surface area contributed by atoms with Crippen LogP contribution in [0.3, 0.4) is 0 Å². The number of nitrogens with one attached hydrogen (secondary N) is 1. The Bertz CT molecular complexity index is 1030. The monoisotopic (exact) mass is 415 g/mol. The Morgan fingerprint density at radius 1 is 0.742 bits per heavy atom. The van der Waals surface area contributed by atoms with Gasteiger partial charge in [-0.15, -0.1) is 0 Å². The first-order valence-corrected chi connectivity index (χ1v) is 10.6. The summed E-state index contributed by atoms with van der Waals surface area (Å²) in [7, 11) is 0. The van der Waals surface area contributed by atoms with Crippen LogP contribution in [0.2, 0.25) is 0 Å². The number of carbonyl (C=O) groups excluding carboxylic acids is 2. The maximum absolute atomic E-state index is 12.3. The van der Waals surface area contributed by atoms with E-state index in [1.807, 2.05) is 86.6 Å². The van der Waals surface area contributed by atoms with E-state index in [0.29, 0.717) is 25.3 Å². The number of ether oxygens (including phenoxy) is 1. The number of benzene rings is 3. The number of ketones is 1. The number of hydrogen-bond acceptors (Lipinski definition) is 3. The Hall–Kier alpha value is -3.24. The van der Waals surface area contributed by atoms with E-state index >= 15 is 0 Å². The predicted molar refractivity (Wildman–Crippen MR) is 123 cm³/mol. The largest absolute Gasteiger partial charge is 0.372 e. The van der Waals surface area contributed by atoms with Gasteiger partial charge in [0, 0.05) is 24.9 Å². The molecule has 1 N–H and O–H groups in total. The van der Waals surface area contributed by atoms with Crippen LogP contribution in [0, 0.1) is 13.8 Å². The van der Waals surface area contributed by atoms with E-state index in [-0.39, 0.29) is 24.5 Å². The highest BCUT2D eigenvalue weighted by Crippen LogP contribution is 2.13. The molecule has 0 aromatic heterocycles. The fourth-order valence-electron chi connectivity index (χ4n) is 3.27. The van der Waals surface area contributed by atoms with Gasteiger partial charge in [0.05, 0.1) is 13.2 Å². The highest BCUT2D eigenvalue weighted by molar-refractivity contribution is 5.98. The van der Waals surface area contributed by atoms with Crippen LogP contribution in [0.25, 0.3) is 0 Å². The summed E-state index contributed by atoms with van der Waals surface area (Å²) in [5.74, 6) is -0.126. The average molecular weight is 416 g/mol. The Kier molecular flexibility index (Phi) is 8.13. The molecule has 1 amide bonds. The topological polar surface area (TPSA) is 55.4 Å². The van der Waals surface area contributed by atoms with Crippen molar-refractivity contribution in [2.45, 2.75) is 46.4 Å². The molecule has 4 nitrogen and oxygen atoms in total. The molecule has 0 fully saturated rings. The van der Waals surface area contributed by atoms with Gasteiger partial charge < -0.3 is 10.1 Å². The second-order valence-corrected chi connectivity index (χ2v) is 7.80. The number of Topliss-reactive ketones (excluding diaryl/α,β-unsaturated/α-hetero) is 1. The van der Waals surface area contributed by atoms with Gasteiger partial charge in [0.2, 0.25) is 5.91 Å². The van der Waals surface area contributed by atoms with Crippen molar-refractivity contribution >= 4 is 11.7 Å². The first-order valence-electron chi connectivity index (χ1n) is 10.6. The molecule has 160 valence electrons. The minimum absolute atomic E-state index is 0.00388. The highest BCUT2D eigenvalue weighted by Gasteiger charge is 2.10. The molecule has 4 heteroatoms. The van der Waals surface area contributed by atoms with Crippen LogP contribution in [-0.2, 0) is 29.3 Å². The molecular weight excluding hydrogens is 386 g/mol. The number of hydrogen-bond donors (Lipinski definition) is 1. The van der Waals surface area contributed by atoms with E-state index in [1.165, 1.54) is 0 Å². The molecule has 0 heterocycles. The molecule has 0 saturated heterocycles. The highest BCUT2D eigenvalue weighted by atomic mass is 16.5. The van der Waals surface area contributed by atoms with Crippen LogP contribution in [0.4, 0.5) is 0 Å². The Balaban J connectivity index is 1.41. The van der Waals surface area contributed by atoms with E-state index in [2.05, 4.69) is 5.32 Å². The predicted octanol–water partition coefficient (Wildman–Crippen LogP) is 5.30. The molecule has 0 radical (unpaired) electrons. The van der Waals surface area contributed by atoms with Crippen LogP contribution in [-0.4, -0.2) is 11.7 Å². The molecule has 0 aliphatic heterocycles. The molecule has 3 aromatic rings. The molecule has 0 spiro atoms. The fourth-order valence-corrected chi connectivity index (χ4v) is 3.27. The van der Waals surface area contributed by atoms with Crippen molar-refractivity contribution in [1.29, 1.82) is 0 Å². The lowest BCUT2D eigenvalue weighted by atomic mass is 10.0. The standard InChI is InChI=1S/C27H29NO3/c1-20-11-12-25(15-21(20)2)26(29)13-14-27(30)28-17-23-9-6-10-24(16-23)19-31-18-22-7-4-3-5-8-22/h3-12,15-16H,13-14,17-19H2,1-2H3,(H,28,30). The summed E-state index contributed by atoms with van der Waals surface area (Å²) < 4.78 is 5.78. The van der Waals surface area contributed by atoms with Crippen molar-refractivity contribution in [3.05, 3.63) is 106 Å². The zero-order valence-electron chi connectivity index (χ0n) is 18.2. The van der Waals surface area contributed by atoms with Gasteiger partial charge in [-0.2, -0.15) is 0 Å². The molecule has 31 heavy (non-hydrogen) atoms. The quantitative estimate of drug-likeness (QED) is 0.457. The second kappa shape index (κ2) is 11.2. The average Bonchev–Trinajstić information content (AvgIpc) is 2.79. The zero-order chi connectivity index (χ0) is 22.1. The lowest BCUT2D eigenvalue weighted by Crippen LogP contribution is -2.23. The number of rotatable bonds is 10. The summed E-state index contributed by atoms with van der Waals surface area (Å²) in [6.07, 6.45) is 0.396. The fraction of sp³-hybridized carbons (Fsp3) is 0.259. The third-order valence-electron chi connectivity index (χ3n) is 5.27. The molecule has 3 rings (SSSR count). The maximum Gasteiger partial charge on any atom is 0.220 e. The van der Waals surface area contributed by atoms with Crippen LogP contribution in [0.15, 0.2) is 72.8 Å². The minimum Gasteiger partial charge on any atom is -0.372 e. The lowest BCUT2D eigenvalue weighted by Gasteiger charge is -2.09. The van der Waals surface area contributed by atoms with E-state index in [4.69, 9.17) is 4.74 Å². The first kappa shape index (κ1) is 22.4. The summed E-state index contributed by atoms with van der Waals surface area (Å²) in [4.78, 5) is 24.5. The van der Waals surface area contributed by atoms with Crippen molar-refractivity contribution in [3.63, 3.8) is 0 Å². The van der Waals surface area contributed by atoms with Gasteiger partial charge in [0.1, 0.15) is 0 Å².